The second-order valence-corrected chi connectivity index (χ2v) is 7.22. The van der Waals surface area contributed by atoms with Gasteiger partial charge in [0.15, 0.2) is 11.6 Å². The normalized spacial score (nSPS) is 15.7. The molecule has 1 atom stereocenters. The highest BCUT2D eigenvalue weighted by Crippen LogP contribution is 2.28. The molecule has 0 bridgehead atoms. The molecule has 0 unspecified atom stereocenters. The third-order valence-corrected chi connectivity index (χ3v) is 5.07. The molecule has 9 nitrogen and oxygen atoms in total. The molecular formula is C22H22N8O. The van der Waals surface area contributed by atoms with Gasteiger partial charge in [0.25, 0.3) is 5.88 Å². The summed E-state index contributed by atoms with van der Waals surface area (Å²) in [5.41, 5.74) is 1.54. The zero-order valence-electron chi connectivity index (χ0n) is 16.8. The maximum absolute atomic E-state index is 6.12. The van der Waals surface area contributed by atoms with Crippen LogP contribution in [0.1, 0.15) is 12.8 Å². The van der Waals surface area contributed by atoms with Crippen molar-refractivity contribution in [2.75, 3.05) is 18.4 Å². The van der Waals surface area contributed by atoms with Gasteiger partial charge >= 0.3 is 0 Å². The Labute approximate surface area is 179 Å². The van der Waals surface area contributed by atoms with Crippen LogP contribution in [0.5, 0.6) is 11.6 Å². The lowest BCUT2D eigenvalue weighted by Gasteiger charge is -2.15. The summed E-state index contributed by atoms with van der Waals surface area (Å²) in [4.78, 5) is 21.8. The molecule has 0 aliphatic carbocycles. The third kappa shape index (κ3) is 4.51. The van der Waals surface area contributed by atoms with Crippen molar-refractivity contribution in [2.24, 2.45) is 0 Å². The van der Waals surface area contributed by atoms with Gasteiger partial charge in [0.05, 0.1) is 12.5 Å². The highest BCUT2D eigenvalue weighted by Gasteiger charge is 2.17. The Hall–Kier alpha value is -3.85. The number of nitrogens with zero attached hydrogens (tertiary/aromatic N) is 6. The lowest BCUT2D eigenvalue weighted by atomic mass is 10.2. The SMILES string of the molecule is c1cnc(-c2cnc(NC[C@@H]3CCCN3)c(Oc3ccc(-n4ccnc4)cc3)n2)nc1. The van der Waals surface area contributed by atoms with Crippen LogP contribution < -0.4 is 15.4 Å². The van der Waals surface area contributed by atoms with E-state index in [-0.39, 0.29) is 0 Å². The van der Waals surface area contributed by atoms with Crippen molar-refractivity contribution in [1.82, 2.24) is 34.8 Å². The van der Waals surface area contributed by atoms with E-state index in [2.05, 4.69) is 35.6 Å². The van der Waals surface area contributed by atoms with Crippen LogP contribution in [0.3, 0.4) is 0 Å². The number of aromatic nitrogens is 6. The van der Waals surface area contributed by atoms with Crippen LogP contribution in [0.4, 0.5) is 5.82 Å². The first-order valence-corrected chi connectivity index (χ1v) is 10.2. The quantitative estimate of drug-likeness (QED) is 0.476. The van der Waals surface area contributed by atoms with Crippen LogP contribution in [-0.2, 0) is 0 Å². The van der Waals surface area contributed by atoms with E-state index < -0.39 is 0 Å². The van der Waals surface area contributed by atoms with Gasteiger partial charge in [0.1, 0.15) is 11.4 Å². The molecule has 0 radical (unpaired) electrons. The second-order valence-electron chi connectivity index (χ2n) is 7.22. The molecule has 156 valence electrons. The van der Waals surface area contributed by atoms with Gasteiger partial charge < -0.3 is 19.9 Å². The first-order valence-electron chi connectivity index (χ1n) is 10.2. The minimum Gasteiger partial charge on any atom is -0.436 e. The van der Waals surface area contributed by atoms with Crippen molar-refractivity contribution in [1.29, 1.82) is 0 Å². The topological polar surface area (TPSA) is 103 Å². The predicted octanol–water partition coefficient (Wildman–Crippen LogP) is 3.08. The van der Waals surface area contributed by atoms with Gasteiger partial charge in [0.2, 0.25) is 0 Å². The summed E-state index contributed by atoms with van der Waals surface area (Å²) >= 11 is 0. The van der Waals surface area contributed by atoms with E-state index in [1.165, 1.54) is 6.42 Å². The molecule has 1 aliphatic rings. The van der Waals surface area contributed by atoms with Crippen molar-refractivity contribution in [2.45, 2.75) is 18.9 Å². The molecule has 0 saturated carbocycles. The number of hydrogen-bond donors (Lipinski definition) is 2. The van der Waals surface area contributed by atoms with Gasteiger partial charge in [-0.15, -0.1) is 0 Å². The predicted molar refractivity (Wildman–Crippen MR) is 116 cm³/mol. The van der Waals surface area contributed by atoms with E-state index in [0.29, 0.717) is 35.0 Å². The Morgan fingerprint density at radius 1 is 1.10 bits per heavy atom. The van der Waals surface area contributed by atoms with Gasteiger partial charge in [-0.1, -0.05) is 0 Å². The van der Waals surface area contributed by atoms with Gasteiger partial charge in [-0.3, -0.25) is 0 Å². The number of benzene rings is 1. The molecule has 0 amide bonds. The Morgan fingerprint density at radius 3 is 2.71 bits per heavy atom. The summed E-state index contributed by atoms with van der Waals surface area (Å²) in [5, 5.41) is 6.85. The smallest absolute Gasteiger partial charge is 0.263 e. The molecule has 1 fully saturated rings. The van der Waals surface area contributed by atoms with Crippen molar-refractivity contribution >= 4 is 5.82 Å². The minimum atomic E-state index is 0.387. The highest BCUT2D eigenvalue weighted by atomic mass is 16.5. The van der Waals surface area contributed by atoms with Crippen LogP contribution in [0.2, 0.25) is 0 Å². The minimum absolute atomic E-state index is 0.387. The first-order chi connectivity index (χ1) is 15.3. The number of anilines is 1. The van der Waals surface area contributed by atoms with E-state index in [1.54, 1.807) is 37.2 Å². The van der Waals surface area contributed by atoms with Gasteiger partial charge in [0, 0.05) is 43.1 Å². The largest absolute Gasteiger partial charge is 0.436 e. The molecule has 3 aromatic heterocycles. The molecule has 4 aromatic rings. The molecule has 2 N–H and O–H groups in total. The summed E-state index contributed by atoms with van der Waals surface area (Å²) in [7, 11) is 0. The maximum atomic E-state index is 6.12. The van der Waals surface area contributed by atoms with Crippen molar-refractivity contribution in [3.63, 3.8) is 0 Å². The van der Waals surface area contributed by atoms with Crippen molar-refractivity contribution in [3.8, 4) is 28.8 Å². The second kappa shape index (κ2) is 8.88. The van der Waals surface area contributed by atoms with Gasteiger partial charge in [-0.25, -0.2) is 24.9 Å². The lowest BCUT2D eigenvalue weighted by Crippen LogP contribution is -2.29. The summed E-state index contributed by atoms with van der Waals surface area (Å²) < 4.78 is 8.05. The molecule has 31 heavy (non-hydrogen) atoms. The molecule has 1 aliphatic heterocycles. The van der Waals surface area contributed by atoms with Crippen molar-refractivity contribution < 1.29 is 4.74 Å². The number of nitrogens with one attached hydrogen (secondary N) is 2. The number of hydrogen-bond acceptors (Lipinski definition) is 8. The average Bonchev–Trinajstić information content (AvgIpc) is 3.54. The Balaban J connectivity index is 1.40. The Morgan fingerprint density at radius 2 is 1.97 bits per heavy atom. The van der Waals surface area contributed by atoms with Crippen LogP contribution in [-0.4, -0.2) is 48.6 Å². The number of imidazole rings is 1. The summed E-state index contributed by atoms with van der Waals surface area (Å²) in [5.74, 6) is 2.14. The molecular weight excluding hydrogens is 392 g/mol. The molecule has 1 aromatic carbocycles. The van der Waals surface area contributed by atoms with Crippen molar-refractivity contribution in [3.05, 3.63) is 67.6 Å². The van der Waals surface area contributed by atoms with E-state index in [9.17, 15) is 0 Å². The van der Waals surface area contributed by atoms with Gasteiger partial charge in [-0.2, -0.15) is 0 Å². The third-order valence-electron chi connectivity index (χ3n) is 5.07. The monoisotopic (exact) mass is 414 g/mol. The molecule has 4 heterocycles. The summed E-state index contributed by atoms with van der Waals surface area (Å²) in [6.07, 6.45) is 12.7. The Kier molecular flexibility index (Phi) is 5.48. The average molecular weight is 414 g/mol. The Bertz CT molecular complexity index is 1110. The first kappa shape index (κ1) is 19.1. The zero-order chi connectivity index (χ0) is 20.9. The van der Waals surface area contributed by atoms with E-state index in [1.807, 2.05) is 35.0 Å². The standard InChI is InChI=1S/C22H22N8O/c1-3-16(24-8-1)13-27-21-22(29-19(14-28-21)20-25-9-2-10-26-20)31-18-6-4-17(5-7-18)30-12-11-23-15-30/h2,4-7,9-12,14-16,24H,1,3,8,13H2,(H,27,28)/t16-/m0/s1. The van der Waals surface area contributed by atoms with E-state index in [0.717, 1.165) is 25.2 Å². The van der Waals surface area contributed by atoms with Gasteiger partial charge in [-0.05, 0) is 49.7 Å². The number of rotatable bonds is 7. The highest BCUT2D eigenvalue weighted by molar-refractivity contribution is 5.55. The van der Waals surface area contributed by atoms with E-state index in [4.69, 9.17) is 4.74 Å². The van der Waals surface area contributed by atoms with Crippen LogP contribution in [0, 0.1) is 0 Å². The van der Waals surface area contributed by atoms with Crippen LogP contribution in [0.15, 0.2) is 67.6 Å². The molecule has 9 heteroatoms. The summed E-state index contributed by atoms with van der Waals surface area (Å²) in [6, 6.07) is 9.90. The zero-order valence-corrected chi connectivity index (χ0v) is 16.8. The molecule has 1 saturated heterocycles. The maximum Gasteiger partial charge on any atom is 0.263 e. The fourth-order valence-corrected chi connectivity index (χ4v) is 3.46. The number of ether oxygens (including phenoxy) is 1. The fraction of sp³-hybridized carbons (Fsp3) is 0.227. The van der Waals surface area contributed by atoms with Crippen LogP contribution in [0.25, 0.3) is 17.2 Å². The molecule has 5 rings (SSSR count). The molecule has 0 spiro atoms. The summed E-state index contributed by atoms with van der Waals surface area (Å²) in [6.45, 7) is 1.81. The lowest BCUT2D eigenvalue weighted by molar-refractivity contribution is 0.462. The van der Waals surface area contributed by atoms with Crippen LogP contribution >= 0.6 is 0 Å². The fourth-order valence-electron chi connectivity index (χ4n) is 3.46. The van der Waals surface area contributed by atoms with E-state index >= 15 is 0 Å².